The van der Waals surface area contributed by atoms with E-state index in [4.69, 9.17) is 10.5 Å². The van der Waals surface area contributed by atoms with Crippen LogP contribution in [0.1, 0.15) is 26.0 Å². The van der Waals surface area contributed by atoms with Crippen molar-refractivity contribution < 1.29 is 4.74 Å². The molecule has 1 aromatic heterocycles. The molecule has 0 aliphatic heterocycles. The number of rotatable bonds is 7. The highest BCUT2D eigenvalue weighted by atomic mass is 16.5. The van der Waals surface area contributed by atoms with Crippen LogP contribution in [0.2, 0.25) is 0 Å². The average molecular weight is 210 g/mol. The van der Waals surface area contributed by atoms with Gasteiger partial charge < -0.3 is 15.0 Å². The molecule has 0 aliphatic carbocycles. The number of nitrogens with zero attached hydrogens (tertiary/aromatic N) is 1. The number of hydrogen-bond acceptors (Lipinski definition) is 2. The Morgan fingerprint density at radius 3 is 3.00 bits per heavy atom. The van der Waals surface area contributed by atoms with Crippen molar-refractivity contribution in [2.45, 2.75) is 39.3 Å². The van der Waals surface area contributed by atoms with Crippen LogP contribution in [0.4, 0.5) is 0 Å². The average Bonchev–Trinajstić information content (AvgIpc) is 2.59. The van der Waals surface area contributed by atoms with Crippen molar-refractivity contribution in [1.29, 1.82) is 0 Å². The van der Waals surface area contributed by atoms with Crippen LogP contribution in [0, 0.1) is 0 Å². The molecule has 1 heterocycles. The van der Waals surface area contributed by atoms with Crippen LogP contribution in [0.15, 0.2) is 18.3 Å². The minimum Gasteiger partial charge on any atom is -0.382 e. The van der Waals surface area contributed by atoms with Gasteiger partial charge in [0.25, 0.3) is 0 Å². The largest absolute Gasteiger partial charge is 0.382 e. The predicted molar refractivity (Wildman–Crippen MR) is 62.9 cm³/mol. The van der Waals surface area contributed by atoms with Gasteiger partial charge in [-0.15, -0.1) is 0 Å². The first-order valence-corrected chi connectivity index (χ1v) is 5.71. The van der Waals surface area contributed by atoms with Crippen LogP contribution < -0.4 is 5.73 Å². The number of nitrogens with two attached hydrogens (primary N) is 1. The lowest BCUT2D eigenvalue weighted by Crippen LogP contribution is -2.20. The van der Waals surface area contributed by atoms with Crippen molar-refractivity contribution in [3.63, 3.8) is 0 Å². The lowest BCUT2D eigenvalue weighted by atomic mass is 10.2. The van der Waals surface area contributed by atoms with Crippen molar-refractivity contribution in [3.8, 4) is 0 Å². The molecule has 2 N–H and O–H groups in total. The molecule has 15 heavy (non-hydrogen) atoms. The standard InChI is InChI=1S/C12H22N2O/c1-3-15-9-5-8-14-7-4-6-12(14)10-11(2)13/h4,6-7,11H,3,5,8-10,13H2,1-2H3. The van der Waals surface area contributed by atoms with E-state index in [0.717, 1.165) is 32.6 Å². The van der Waals surface area contributed by atoms with Gasteiger partial charge in [-0.1, -0.05) is 0 Å². The molecule has 0 saturated carbocycles. The Balaban J connectivity index is 2.36. The Bertz CT molecular complexity index is 268. The summed E-state index contributed by atoms with van der Waals surface area (Å²) in [7, 11) is 0. The Kier molecular flexibility index (Phi) is 5.43. The first kappa shape index (κ1) is 12.3. The number of hydrogen-bond donors (Lipinski definition) is 1. The van der Waals surface area contributed by atoms with Crippen LogP contribution in [-0.2, 0) is 17.7 Å². The summed E-state index contributed by atoms with van der Waals surface area (Å²) in [5.74, 6) is 0. The van der Waals surface area contributed by atoms with Gasteiger partial charge in [0.1, 0.15) is 0 Å². The summed E-state index contributed by atoms with van der Waals surface area (Å²) in [6, 6.07) is 4.45. The third-order valence-electron chi connectivity index (χ3n) is 2.35. The van der Waals surface area contributed by atoms with Crippen LogP contribution in [0.3, 0.4) is 0 Å². The molecule has 0 spiro atoms. The summed E-state index contributed by atoms with van der Waals surface area (Å²) in [4.78, 5) is 0. The molecule has 1 atom stereocenters. The lowest BCUT2D eigenvalue weighted by Gasteiger charge is -2.10. The highest BCUT2D eigenvalue weighted by Gasteiger charge is 2.03. The topological polar surface area (TPSA) is 40.2 Å². The zero-order valence-electron chi connectivity index (χ0n) is 9.78. The summed E-state index contributed by atoms with van der Waals surface area (Å²) in [6.07, 6.45) is 4.12. The second-order valence-corrected chi connectivity index (χ2v) is 3.92. The maximum absolute atomic E-state index is 5.79. The second-order valence-electron chi connectivity index (χ2n) is 3.92. The second kappa shape index (κ2) is 6.64. The van der Waals surface area contributed by atoms with Crippen LogP contribution >= 0.6 is 0 Å². The summed E-state index contributed by atoms with van der Waals surface area (Å²) in [5, 5.41) is 0. The van der Waals surface area contributed by atoms with Crippen molar-refractivity contribution >= 4 is 0 Å². The molecular formula is C12H22N2O. The number of ether oxygens (including phenoxy) is 1. The molecule has 0 fully saturated rings. The van der Waals surface area contributed by atoms with E-state index in [2.05, 4.69) is 22.9 Å². The van der Waals surface area contributed by atoms with Crippen molar-refractivity contribution in [1.82, 2.24) is 4.57 Å². The van der Waals surface area contributed by atoms with E-state index in [9.17, 15) is 0 Å². The zero-order chi connectivity index (χ0) is 11.1. The van der Waals surface area contributed by atoms with Gasteiger partial charge >= 0.3 is 0 Å². The molecule has 1 aromatic rings. The van der Waals surface area contributed by atoms with Crippen molar-refractivity contribution in [2.24, 2.45) is 5.73 Å². The van der Waals surface area contributed by atoms with Crippen LogP contribution in [0.5, 0.6) is 0 Å². The quantitative estimate of drug-likeness (QED) is 0.697. The van der Waals surface area contributed by atoms with Crippen molar-refractivity contribution in [3.05, 3.63) is 24.0 Å². The van der Waals surface area contributed by atoms with E-state index in [0.29, 0.717) is 0 Å². The third-order valence-corrected chi connectivity index (χ3v) is 2.35. The molecule has 0 amide bonds. The fraction of sp³-hybridized carbons (Fsp3) is 0.667. The van der Waals surface area contributed by atoms with E-state index in [1.165, 1.54) is 5.69 Å². The molecule has 0 bridgehead atoms. The van der Waals surface area contributed by atoms with E-state index < -0.39 is 0 Å². The van der Waals surface area contributed by atoms with Gasteiger partial charge in [0.2, 0.25) is 0 Å². The number of aromatic nitrogens is 1. The van der Waals surface area contributed by atoms with Gasteiger partial charge in [-0.3, -0.25) is 0 Å². The Morgan fingerprint density at radius 1 is 1.53 bits per heavy atom. The van der Waals surface area contributed by atoms with Gasteiger partial charge in [0, 0.05) is 44.1 Å². The highest BCUT2D eigenvalue weighted by molar-refractivity contribution is 5.08. The first-order chi connectivity index (χ1) is 7.24. The molecule has 0 radical (unpaired) electrons. The maximum Gasteiger partial charge on any atom is 0.0482 e. The molecule has 0 aliphatic rings. The molecule has 86 valence electrons. The third kappa shape index (κ3) is 4.49. The Morgan fingerprint density at radius 2 is 2.33 bits per heavy atom. The zero-order valence-corrected chi connectivity index (χ0v) is 9.78. The van der Waals surface area contributed by atoms with E-state index in [-0.39, 0.29) is 6.04 Å². The van der Waals surface area contributed by atoms with Gasteiger partial charge in [-0.05, 0) is 32.4 Å². The molecule has 3 nitrogen and oxygen atoms in total. The fourth-order valence-electron chi connectivity index (χ4n) is 1.66. The maximum atomic E-state index is 5.79. The van der Waals surface area contributed by atoms with Crippen LogP contribution in [-0.4, -0.2) is 23.8 Å². The summed E-state index contributed by atoms with van der Waals surface area (Å²) >= 11 is 0. The van der Waals surface area contributed by atoms with Crippen molar-refractivity contribution in [2.75, 3.05) is 13.2 Å². The normalized spacial score (nSPS) is 13.0. The highest BCUT2D eigenvalue weighted by Crippen LogP contribution is 2.06. The molecule has 1 rings (SSSR count). The van der Waals surface area contributed by atoms with Crippen LogP contribution in [0.25, 0.3) is 0 Å². The van der Waals surface area contributed by atoms with Gasteiger partial charge in [-0.2, -0.15) is 0 Å². The summed E-state index contributed by atoms with van der Waals surface area (Å²) in [5.41, 5.74) is 7.11. The SMILES string of the molecule is CCOCCCn1cccc1CC(C)N. The summed E-state index contributed by atoms with van der Waals surface area (Å²) < 4.78 is 7.58. The van der Waals surface area contributed by atoms with Gasteiger partial charge in [0.05, 0.1) is 0 Å². The first-order valence-electron chi connectivity index (χ1n) is 5.71. The summed E-state index contributed by atoms with van der Waals surface area (Å²) in [6.45, 7) is 6.73. The minimum atomic E-state index is 0.227. The smallest absolute Gasteiger partial charge is 0.0482 e. The molecule has 0 saturated heterocycles. The fourth-order valence-corrected chi connectivity index (χ4v) is 1.66. The van der Waals surface area contributed by atoms with E-state index >= 15 is 0 Å². The Hall–Kier alpha value is -0.800. The molecular weight excluding hydrogens is 188 g/mol. The van der Waals surface area contributed by atoms with E-state index in [1.54, 1.807) is 0 Å². The minimum absolute atomic E-state index is 0.227. The van der Waals surface area contributed by atoms with Gasteiger partial charge in [0.15, 0.2) is 0 Å². The number of aryl methyl sites for hydroxylation is 1. The molecule has 1 unspecified atom stereocenters. The van der Waals surface area contributed by atoms with Gasteiger partial charge in [-0.25, -0.2) is 0 Å². The van der Waals surface area contributed by atoms with E-state index in [1.807, 2.05) is 13.8 Å². The Labute approximate surface area is 92.2 Å². The predicted octanol–water partition coefficient (Wildman–Crippen LogP) is 1.80. The molecule has 3 heteroatoms. The lowest BCUT2D eigenvalue weighted by molar-refractivity contribution is 0.141. The monoisotopic (exact) mass is 210 g/mol. The molecule has 0 aromatic carbocycles.